The lowest BCUT2D eigenvalue weighted by molar-refractivity contribution is 0.271. The molecular formula is C17H28FN3. The number of nitrogens with zero attached hydrogens (tertiary/aromatic N) is 2. The van der Waals surface area contributed by atoms with Gasteiger partial charge >= 0.3 is 0 Å². The van der Waals surface area contributed by atoms with E-state index in [0.29, 0.717) is 0 Å². The van der Waals surface area contributed by atoms with Crippen LogP contribution >= 0.6 is 0 Å². The molecule has 1 atom stereocenters. The van der Waals surface area contributed by atoms with E-state index in [1.165, 1.54) is 0 Å². The van der Waals surface area contributed by atoms with E-state index >= 15 is 0 Å². The summed E-state index contributed by atoms with van der Waals surface area (Å²) >= 11 is 0. The number of nitrogens with one attached hydrogen (secondary N) is 1. The van der Waals surface area contributed by atoms with Gasteiger partial charge < -0.3 is 15.1 Å². The maximum absolute atomic E-state index is 14.3. The van der Waals surface area contributed by atoms with E-state index in [1.807, 2.05) is 6.07 Å². The van der Waals surface area contributed by atoms with Gasteiger partial charge in [-0.3, -0.25) is 0 Å². The summed E-state index contributed by atoms with van der Waals surface area (Å²) in [5, 5.41) is 3.41. The summed E-state index contributed by atoms with van der Waals surface area (Å²) in [6, 6.07) is 5.51. The largest absolute Gasteiger partial charge is 0.369 e. The van der Waals surface area contributed by atoms with Crippen LogP contribution < -0.4 is 10.2 Å². The van der Waals surface area contributed by atoms with Crippen molar-refractivity contribution in [1.29, 1.82) is 0 Å². The van der Waals surface area contributed by atoms with Crippen molar-refractivity contribution in [2.24, 2.45) is 0 Å². The zero-order valence-electron chi connectivity index (χ0n) is 13.5. The molecule has 1 saturated heterocycles. The van der Waals surface area contributed by atoms with Crippen molar-refractivity contribution < 1.29 is 4.39 Å². The fourth-order valence-corrected chi connectivity index (χ4v) is 3.00. The standard InChI is InChI=1S/C17H28FN3/c1-4-9-19-14(3)17-15(18)7-6-8-16(17)21-12-10-20(5-2)11-13-21/h6-8,14,19H,4-5,9-13H2,1-3H3. The van der Waals surface area contributed by atoms with Crippen molar-refractivity contribution in [3.8, 4) is 0 Å². The van der Waals surface area contributed by atoms with Gasteiger partial charge in [-0.2, -0.15) is 0 Å². The average molecular weight is 293 g/mol. The molecule has 1 unspecified atom stereocenters. The lowest BCUT2D eigenvalue weighted by Crippen LogP contribution is -2.46. The molecule has 1 heterocycles. The van der Waals surface area contributed by atoms with Crippen LogP contribution in [0, 0.1) is 5.82 Å². The SMILES string of the molecule is CCCNC(C)c1c(F)cccc1N1CCN(CC)CC1. The minimum absolute atomic E-state index is 0.0466. The van der Waals surface area contributed by atoms with Crippen LogP contribution in [0.15, 0.2) is 18.2 Å². The molecule has 0 amide bonds. The van der Waals surface area contributed by atoms with E-state index < -0.39 is 0 Å². The van der Waals surface area contributed by atoms with Crippen molar-refractivity contribution in [3.63, 3.8) is 0 Å². The summed E-state index contributed by atoms with van der Waals surface area (Å²) in [5.41, 5.74) is 1.87. The van der Waals surface area contributed by atoms with Crippen LogP contribution in [-0.4, -0.2) is 44.2 Å². The normalized spacial score (nSPS) is 18.0. The van der Waals surface area contributed by atoms with Crippen molar-refractivity contribution >= 4 is 5.69 Å². The van der Waals surface area contributed by atoms with Gasteiger partial charge in [0, 0.05) is 43.5 Å². The van der Waals surface area contributed by atoms with Crippen LogP contribution in [0.3, 0.4) is 0 Å². The summed E-state index contributed by atoms with van der Waals surface area (Å²) in [6.07, 6.45) is 1.06. The summed E-state index contributed by atoms with van der Waals surface area (Å²) in [7, 11) is 0. The monoisotopic (exact) mass is 293 g/mol. The molecule has 1 fully saturated rings. The van der Waals surface area contributed by atoms with Gasteiger partial charge in [0.05, 0.1) is 0 Å². The summed E-state index contributed by atoms with van der Waals surface area (Å²) in [6.45, 7) is 12.5. The van der Waals surface area contributed by atoms with Gasteiger partial charge in [-0.1, -0.05) is 19.9 Å². The number of hydrogen-bond acceptors (Lipinski definition) is 3. The van der Waals surface area contributed by atoms with E-state index in [9.17, 15) is 4.39 Å². The van der Waals surface area contributed by atoms with Crippen LogP contribution in [0.25, 0.3) is 0 Å². The molecule has 0 spiro atoms. The van der Waals surface area contributed by atoms with E-state index in [2.05, 4.69) is 42.0 Å². The first-order chi connectivity index (χ1) is 10.2. The Bertz CT molecular complexity index is 442. The van der Waals surface area contributed by atoms with Crippen LogP contribution in [0.4, 0.5) is 10.1 Å². The maximum atomic E-state index is 14.3. The molecular weight excluding hydrogens is 265 g/mol. The van der Waals surface area contributed by atoms with E-state index in [1.54, 1.807) is 6.07 Å². The Morgan fingerprint density at radius 3 is 2.52 bits per heavy atom. The minimum atomic E-state index is -0.0958. The first kappa shape index (κ1) is 16.2. The lowest BCUT2D eigenvalue weighted by Gasteiger charge is -2.37. The molecule has 3 nitrogen and oxygen atoms in total. The van der Waals surface area contributed by atoms with Crippen molar-refractivity contribution in [2.45, 2.75) is 33.2 Å². The Kier molecular flexibility index (Phi) is 6.00. The highest BCUT2D eigenvalue weighted by molar-refractivity contribution is 5.56. The predicted octanol–water partition coefficient (Wildman–Crippen LogP) is 3.03. The summed E-state index contributed by atoms with van der Waals surface area (Å²) in [5.74, 6) is -0.0958. The number of anilines is 1. The van der Waals surface area contributed by atoms with Gasteiger partial charge in [-0.15, -0.1) is 0 Å². The number of rotatable bonds is 6. The molecule has 4 heteroatoms. The lowest BCUT2D eigenvalue weighted by atomic mass is 10.0. The van der Waals surface area contributed by atoms with Crippen molar-refractivity contribution in [3.05, 3.63) is 29.6 Å². The molecule has 0 bridgehead atoms. The third kappa shape index (κ3) is 3.95. The molecule has 0 radical (unpaired) electrons. The van der Waals surface area contributed by atoms with Crippen LogP contribution in [0.1, 0.15) is 38.8 Å². The Morgan fingerprint density at radius 1 is 1.19 bits per heavy atom. The van der Waals surface area contributed by atoms with Gasteiger partial charge in [0.1, 0.15) is 5.82 Å². The topological polar surface area (TPSA) is 18.5 Å². The number of likely N-dealkylation sites (N-methyl/N-ethyl adjacent to an activating group) is 1. The third-order valence-electron chi connectivity index (χ3n) is 4.32. The number of piperazine rings is 1. The molecule has 1 aliphatic rings. The maximum Gasteiger partial charge on any atom is 0.130 e. The van der Waals surface area contributed by atoms with Gasteiger partial charge in [0.25, 0.3) is 0 Å². The number of hydrogen-bond donors (Lipinski definition) is 1. The average Bonchev–Trinajstić information content (AvgIpc) is 2.52. The Balaban J connectivity index is 2.17. The minimum Gasteiger partial charge on any atom is -0.369 e. The number of halogens is 1. The van der Waals surface area contributed by atoms with Gasteiger partial charge in [0.15, 0.2) is 0 Å². The molecule has 2 rings (SSSR count). The highest BCUT2D eigenvalue weighted by Gasteiger charge is 2.22. The Hall–Kier alpha value is -1.13. The van der Waals surface area contributed by atoms with Crippen molar-refractivity contribution in [1.82, 2.24) is 10.2 Å². The molecule has 118 valence electrons. The van der Waals surface area contributed by atoms with Crippen molar-refractivity contribution in [2.75, 3.05) is 44.2 Å². The number of benzene rings is 1. The zero-order valence-corrected chi connectivity index (χ0v) is 13.5. The molecule has 21 heavy (non-hydrogen) atoms. The van der Waals surface area contributed by atoms with Crippen LogP contribution in [-0.2, 0) is 0 Å². The summed E-state index contributed by atoms with van der Waals surface area (Å²) < 4.78 is 14.3. The third-order valence-corrected chi connectivity index (χ3v) is 4.32. The second-order valence-corrected chi connectivity index (χ2v) is 5.77. The quantitative estimate of drug-likeness (QED) is 0.870. The van der Waals surface area contributed by atoms with Gasteiger partial charge in [-0.25, -0.2) is 4.39 Å². The molecule has 0 aromatic heterocycles. The molecule has 1 aromatic rings. The molecule has 1 aliphatic heterocycles. The highest BCUT2D eigenvalue weighted by atomic mass is 19.1. The Labute approximate surface area is 128 Å². The van der Waals surface area contributed by atoms with E-state index in [4.69, 9.17) is 0 Å². The van der Waals surface area contributed by atoms with E-state index in [-0.39, 0.29) is 11.9 Å². The highest BCUT2D eigenvalue weighted by Crippen LogP contribution is 2.29. The first-order valence-corrected chi connectivity index (χ1v) is 8.16. The van der Waals surface area contributed by atoms with Gasteiger partial charge in [0.2, 0.25) is 0 Å². The molecule has 1 N–H and O–H groups in total. The first-order valence-electron chi connectivity index (χ1n) is 8.16. The Morgan fingerprint density at radius 2 is 1.90 bits per heavy atom. The van der Waals surface area contributed by atoms with Gasteiger partial charge in [-0.05, 0) is 38.6 Å². The second kappa shape index (κ2) is 7.76. The fraction of sp³-hybridized carbons (Fsp3) is 0.647. The second-order valence-electron chi connectivity index (χ2n) is 5.77. The van der Waals surface area contributed by atoms with E-state index in [0.717, 1.165) is 56.9 Å². The predicted molar refractivity (Wildman–Crippen MR) is 87.4 cm³/mol. The molecule has 0 saturated carbocycles. The summed E-state index contributed by atoms with van der Waals surface area (Å²) in [4.78, 5) is 4.77. The van der Waals surface area contributed by atoms with Crippen LogP contribution in [0.5, 0.6) is 0 Å². The smallest absolute Gasteiger partial charge is 0.130 e. The fourth-order valence-electron chi connectivity index (χ4n) is 3.00. The van der Waals surface area contributed by atoms with Crippen LogP contribution in [0.2, 0.25) is 0 Å². The zero-order chi connectivity index (χ0) is 15.2. The molecule has 1 aromatic carbocycles. The molecule has 0 aliphatic carbocycles.